The van der Waals surface area contributed by atoms with Gasteiger partial charge >= 0.3 is 0 Å². The Kier molecular flexibility index (Phi) is 11.9. The summed E-state index contributed by atoms with van der Waals surface area (Å²) >= 11 is 0. The molecule has 2 heteroatoms. The van der Waals surface area contributed by atoms with Gasteiger partial charge in [0, 0.05) is 6.54 Å². The molecular formula is C31H44N2. The standard InChI is InChI=1S/C31H44N2/c1-2-3-4-5-6-7-8-9-10-11-12-13-14-20-27-33-30-24-19-18-23-29(30)32-31(33)26-25-28-21-16-15-17-22-28/h15-19,21-26H,2-14,20,27H2,1H3. The van der Waals surface area contributed by atoms with E-state index >= 15 is 0 Å². The predicted molar refractivity (Wildman–Crippen MR) is 145 cm³/mol. The lowest BCUT2D eigenvalue weighted by molar-refractivity contribution is 0.525. The molecule has 3 aromatic rings. The van der Waals surface area contributed by atoms with Crippen LogP contribution in [-0.2, 0) is 6.54 Å². The number of hydrogen-bond donors (Lipinski definition) is 0. The second kappa shape index (κ2) is 15.5. The van der Waals surface area contributed by atoms with Crippen LogP contribution in [0.2, 0.25) is 0 Å². The highest BCUT2D eigenvalue weighted by molar-refractivity contribution is 5.79. The zero-order valence-electron chi connectivity index (χ0n) is 20.9. The third-order valence-electron chi connectivity index (χ3n) is 6.64. The van der Waals surface area contributed by atoms with Gasteiger partial charge in [0.1, 0.15) is 5.82 Å². The van der Waals surface area contributed by atoms with E-state index in [-0.39, 0.29) is 0 Å². The van der Waals surface area contributed by atoms with Gasteiger partial charge < -0.3 is 4.57 Å². The zero-order valence-corrected chi connectivity index (χ0v) is 20.9. The first-order valence-corrected chi connectivity index (χ1v) is 13.6. The summed E-state index contributed by atoms with van der Waals surface area (Å²) in [7, 11) is 0. The van der Waals surface area contributed by atoms with Gasteiger partial charge in [-0.25, -0.2) is 4.98 Å². The highest BCUT2D eigenvalue weighted by Gasteiger charge is 2.07. The van der Waals surface area contributed by atoms with E-state index in [1.165, 1.54) is 101 Å². The van der Waals surface area contributed by atoms with Crippen molar-refractivity contribution in [2.45, 2.75) is 103 Å². The van der Waals surface area contributed by atoms with Crippen molar-refractivity contribution in [3.8, 4) is 0 Å². The van der Waals surface area contributed by atoms with Crippen molar-refractivity contribution in [2.75, 3.05) is 0 Å². The molecule has 0 saturated heterocycles. The molecule has 178 valence electrons. The topological polar surface area (TPSA) is 17.8 Å². The maximum absolute atomic E-state index is 4.89. The van der Waals surface area contributed by atoms with Crippen molar-refractivity contribution in [3.63, 3.8) is 0 Å². The SMILES string of the molecule is CCCCCCCCCCCCCCCCn1c(C=Cc2ccccc2)nc2ccccc21. The number of benzene rings is 2. The van der Waals surface area contributed by atoms with Crippen molar-refractivity contribution >= 4 is 23.2 Å². The number of nitrogens with zero attached hydrogens (tertiary/aromatic N) is 2. The van der Waals surface area contributed by atoms with E-state index in [2.05, 4.69) is 78.2 Å². The van der Waals surface area contributed by atoms with Gasteiger partial charge in [0.25, 0.3) is 0 Å². The second-order valence-electron chi connectivity index (χ2n) is 9.45. The molecule has 33 heavy (non-hydrogen) atoms. The van der Waals surface area contributed by atoms with Gasteiger partial charge in [-0.15, -0.1) is 0 Å². The molecule has 0 fully saturated rings. The number of aromatic nitrogens is 2. The minimum atomic E-state index is 1.05. The molecule has 0 atom stereocenters. The van der Waals surface area contributed by atoms with Gasteiger partial charge in [-0.1, -0.05) is 139 Å². The number of hydrogen-bond acceptors (Lipinski definition) is 1. The summed E-state index contributed by atoms with van der Waals surface area (Å²) in [4.78, 5) is 4.89. The lowest BCUT2D eigenvalue weighted by atomic mass is 10.0. The van der Waals surface area contributed by atoms with Crippen molar-refractivity contribution in [3.05, 3.63) is 66.0 Å². The van der Waals surface area contributed by atoms with Crippen LogP contribution in [0.15, 0.2) is 54.6 Å². The fourth-order valence-corrected chi connectivity index (χ4v) is 4.66. The molecular weight excluding hydrogens is 400 g/mol. The van der Waals surface area contributed by atoms with E-state index < -0.39 is 0 Å². The van der Waals surface area contributed by atoms with Crippen molar-refractivity contribution in [2.24, 2.45) is 0 Å². The number of imidazole rings is 1. The Balaban J connectivity index is 1.34. The molecule has 3 rings (SSSR count). The van der Waals surface area contributed by atoms with Gasteiger partial charge in [0.15, 0.2) is 0 Å². The molecule has 0 bridgehead atoms. The molecule has 0 aliphatic carbocycles. The first-order valence-electron chi connectivity index (χ1n) is 13.6. The van der Waals surface area contributed by atoms with E-state index in [1.807, 2.05) is 0 Å². The highest BCUT2D eigenvalue weighted by Crippen LogP contribution is 2.20. The molecule has 0 unspecified atom stereocenters. The second-order valence-corrected chi connectivity index (χ2v) is 9.45. The maximum Gasteiger partial charge on any atom is 0.133 e. The number of fused-ring (bicyclic) bond motifs is 1. The van der Waals surface area contributed by atoms with Crippen LogP contribution in [0.5, 0.6) is 0 Å². The summed E-state index contributed by atoms with van der Waals surface area (Å²) in [6.45, 7) is 3.34. The first-order chi connectivity index (χ1) is 16.4. The minimum Gasteiger partial charge on any atom is -0.324 e. The Bertz CT molecular complexity index is 923. The van der Waals surface area contributed by atoms with Crippen LogP contribution in [0.3, 0.4) is 0 Å². The summed E-state index contributed by atoms with van der Waals surface area (Å²) < 4.78 is 2.40. The van der Waals surface area contributed by atoms with Gasteiger partial charge in [-0.2, -0.15) is 0 Å². The van der Waals surface area contributed by atoms with Crippen LogP contribution < -0.4 is 0 Å². The van der Waals surface area contributed by atoms with E-state index in [1.54, 1.807) is 0 Å². The normalized spacial score (nSPS) is 11.7. The Hall–Kier alpha value is -2.35. The molecule has 0 spiro atoms. The van der Waals surface area contributed by atoms with Crippen LogP contribution in [0.25, 0.3) is 23.2 Å². The van der Waals surface area contributed by atoms with E-state index in [0.717, 1.165) is 17.9 Å². The quantitative estimate of drug-likeness (QED) is 0.189. The zero-order chi connectivity index (χ0) is 23.0. The lowest BCUT2D eigenvalue weighted by Gasteiger charge is -2.07. The summed E-state index contributed by atoms with van der Waals surface area (Å²) in [6, 6.07) is 19.0. The summed E-state index contributed by atoms with van der Waals surface area (Å²) in [5, 5.41) is 0. The monoisotopic (exact) mass is 444 g/mol. The molecule has 0 radical (unpaired) electrons. The van der Waals surface area contributed by atoms with Gasteiger partial charge in [0.2, 0.25) is 0 Å². The Labute approximate surface area is 202 Å². The van der Waals surface area contributed by atoms with E-state index in [4.69, 9.17) is 4.98 Å². The fourth-order valence-electron chi connectivity index (χ4n) is 4.66. The molecule has 1 aromatic heterocycles. The minimum absolute atomic E-state index is 1.05. The number of aryl methyl sites for hydroxylation is 1. The van der Waals surface area contributed by atoms with Crippen LogP contribution in [0.1, 0.15) is 108 Å². The maximum atomic E-state index is 4.89. The number of para-hydroxylation sites is 2. The Morgan fingerprint density at radius 2 is 1.15 bits per heavy atom. The molecule has 0 saturated carbocycles. The molecule has 1 heterocycles. The smallest absolute Gasteiger partial charge is 0.133 e. The lowest BCUT2D eigenvalue weighted by Crippen LogP contribution is -2.00. The Morgan fingerprint density at radius 1 is 0.606 bits per heavy atom. The van der Waals surface area contributed by atoms with Gasteiger partial charge in [0.05, 0.1) is 11.0 Å². The third kappa shape index (κ3) is 9.20. The van der Waals surface area contributed by atoms with E-state index in [9.17, 15) is 0 Å². The summed E-state index contributed by atoms with van der Waals surface area (Å²) in [5.74, 6) is 1.06. The van der Waals surface area contributed by atoms with E-state index in [0.29, 0.717) is 0 Å². The van der Waals surface area contributed by atoms with Crippen molar-refractivity contribution in [1.82, 2.24) is 9.55 Å². The molecule has 0 N–H and O–H groups in total. The fraction of sp³-hybridized carbons (Fsp3) is 0.516. The molecule has 2 nitrogen and oxygen atoms in total. The summed E-state index contributed by atoms with van der Waals surface area (Å²) in [5.41, 5.74) is 3.56. The average Bonchev–Trinajstić information content (AvgIpc) is 3.21. The van der Waals surface area contributed by atoms with Crippen molar-refractivity contribution in [1.29, 1.82) is 0 Å². The largest absolute Gasteiger partial charge is 0.324 e. The molecule has 2 aromatic carbocycles. The number of unbranched alkanes of at least 4 members (excludes halogenated alkanes) is 13. The number of rotatable bonds is 17. The van der Waals surface area contributed by atoms with Crippen LogP contribution >= 0.6 is 0 Å². The van der Waals surface area contributed by atoms with Crippen LogP contribution in [0.4, 0.5) is 0 Å². The highest BCUT2D eigenvalue weighted by atomic mass is 15.1. The third-order valence-corrected chi connectivity index (χ3v) is 6.64. The first kappa shape index (κ1) is 25.3. The van der Waals surface area contributed by atoms with Crippen LogP contribution in [-0.4, -0.2) is 9.55 Å². The molecule has 0 aliphatic heterocycles. The van der Waals surface area contributed by atoms with Crippen LogP contribution in [0, 0.1) is 0 Å². The van der Waals surface area contributed by atoms with Gasteiger partial charge in [-0.05, 0) is 30.2 Å². The average molecular weight is 445 g/mol. The van der Waals surface area contributed by atoms with Crippen molar-refractivity contribution < 1.29 is 0 Å². The summed E-state index contributed by atoms with van der Waals surface area (Å²) in [6.07, 6.45) is 23.9. The van der Waals surface area contributed by atoms with Gasteiger partial charge in [-0.3, -0.25) is 0 Å². The molecule has 0 aliphatic rings. The predicted octanol–water partition coefficient (Wildman–Crippen LogP) is 9.69. The molecule has 0 amide bonds. The Morgan fingerprint density at radius 3 is 1.79 bits per heavy atom.